The smallest absolute Gasteiger partial charge is 0.255 e. The SMILES string of the molecule is Cc1ccc(C)c(NC(=O)c2cccc(NC(=O)C3CC3C)c2)c1. The number of anilines is 2. The molecule has 2 atom stereocenters. The molecular formula is C20H22N2O2. The van der Waals surface area contributed by atoms with Crippen LogP contribution in [0.5, 0.6) is 0 Å². The molecule has 1 saturated carbocycles. The quantitative estimate of drug-likeness (QED) is 0.888. The number of amides is 2. The normalized spacial score (nSPS) is 18.8. The number of carbonyl (C=O) groups is 2. The van der Waals surface area contributed by atoms with Crippen LogP contribution in [0.2, 0.25) is 0 Å². The van der Waals surface area contributed by atoms with Gasteiger partial charge < -0.3 is 10.6 Å². The Bertz CT molecular complexity index is 798. The number of hydrogen-bond acceptors (Lipinski definition) is 2. The molecule has 1 fully saturated rings. The summed E-state index contributed by atoms with van der Waals surface area (Å²) in [6.45, 7) is 6.02. The van der Waals surface area contributed by atoms with E-state index in [9.17, 15) is 9.59 Å². The molecule has 0 radical (unpaired) electrons. The van der Waals surface area contributed by atoms with Gasteiger partial charge in [0.1, 0.15) is 0 Å². The Morgan fingerprint density at radius 3 is 2.50 bits per heavy atom. The summed E-state index contributed by atoms with van der Waals surface area (Å²) in [6, 6.07) is 13.0. The second-order valence-electron chi connectivity index (χ2n) is 6.66. The van der Waals surface area contributed by atoms with Gasteiger partial charge in [-0.25, -0.2) is 0 Å². The summed E-state index contributed by atoms with van der Waals surface area (Å²) >= 11 is 0. The fourth-order valence-corrected chi connectivity index (χ4v) is 2.73. The summed E-state index contributed by atoms with van der Waals surface area (Å²) in [6.07, 6.45) is 0.943. The molecule has 0 aliphatic heterocycles. The number of hydrogen-bond donors (Lipinski definition) is 2. The molecule has 0 saturated heterocycles. The van der Waals surface area contributed by atoms with Crippen molar-refractivity contribution in [1.29, 1.82) is 0 Å². The highest BCUT2D eigenvalue weighted by Crippen LogP contribution is 2.38. The number of carbonyl (C=O) groups excluding carboxylic acids is 2. The lowest BCUT2D eigenvalue weighted by Crippen LogP contribution is -2.16. The fraction of sp³-hybridized carbons (Fsp3) is 0.300. The zero-order valence-corrected chi connectivity index (χ0v) is 14.2. The Labute approximate surface area is 142 Å². The van der Waals surface area contributed by atoms with E-state index in [-0.39, 0.29) is 17.7 Å². The van der Waals surface area contributed by atoms with Crippen molar-refractivity contribution in [3.63, 3.8) is 0 Å². The van der Waals surface area contributed by atoms with Crippen molar-refractivity contribution >= 4 is 23.2 Å². The highest BCUT2D eigenvalue weighted by Gasteiger charge is 2.39. The van der Waals surface area contributed by atoms with Crippen molar-refractivity contribution in [3.05, 3.63) is 59.2 Å². The van der Waals surface area contributed by atoms with E-state index in [0.29, 0.717) is 17.2 Å². The highest BCUT2D eigenvalue weighted by atomic mass is 16.2. The minimum atomic E-state index is -0.181. The molecule has 4 nitrogen and oxygen atoms in total. The minimum Gasteiger partial charge on any atom is -0.326 e. The topological polar surface area (TPSA) is 58.2 Å². The molecule has 2 amide bonds. The average Bonchev–Trinajstić information content (AvgIpc) is 3.28. The van der Waals surface area contributed by atoms with Gasteiger partial charge in [-0.15, -0.1) is 0 Å². The maximum absolute atomic E-state index is 12.5. The lowest BCUT2D eigenvalue weighted by Gasteiger charge is -2.11. The summed E-state index contributed by atoms with van der Waals surface area (Å²) in [5.41, 5.74) is 4.10. The van der Waals surface area contributed by atoms with Gasteiger partial charge in [-0.05, 0) is 61.6 Å². The second-order valence-corrected chi connectivity index (χ2v) is 6.66. The van der Waals surface area contributed by atoms with Crippen LogP contribution in [0, 0.1) is 25.7 Å². The predicted octanol–water partition coefficient (Wildman–Crippen LogP) is 4.15. The van der Waals surface area contributed by atoms with Crippen molar-refractivity contribution in [3.8, 4) is 0 Å². The van der Waals surface area contributed by atoms with Crippen LogP contribution in [-0.4, -0.2) is 11.8 Å². The standard InChI is InChI=1S/C20H22N2O2/c1-12-7-8-13(2)18(9-12)22-19(23)15-5-4-6-16(11-15)21-20(24)17-10-14(17)3/h4-9,11,14,17H,10H2,1-3H3,(H,21,24)(H,22,23). The summed E-state index contributed by atoms with van der Waals surface area (Å²) < 4.78 is 0. The van der Waals surface area contributed by atoms with Gasteiger partial charge >= 0.3 is 0 Å². The van der Waals surface area contributed by atoms with Crippen molar-refractivity contribution < 1.29 is 9.59 Å². The predicted molar refractivity (Wildman–Crippen MR) is 96.2 cm³/mol. The number of benzene rings is 2. The molecule has 124 valence electrons. The molecule has 2 N–H and O–H groups in total. The summed E-state index contributed by atoms with van der Waals surface area (Å²) in [5.74, 6) is 0.423. The van der Waals surface area contributed by atoms with Gasteiger partial charge in [0.05, 0.1) is 0 Å². The van der Waals surface area contributed by atoms with Crippen molar-refractivity contribution in [2.24, 2.45) is 11.8 Å². The molecule has 0 aromatic heterocycles. The van der Waals surface area contributed by atoms with Crippen molar-refractivity contribution in [1.82, 2.24) is 0 Å². The molecule has 0 heterocycles. The molecule has 1 aliphatic rings. The fourth-order valence-electron chi connectivity index (χ4n) is 2.73. The third kappa shape index (κ3) is 3.65. The van der Waals surface area contributed by atoms with Gasteiger partial charge in [-0.2, -0.15) is 0 Å². The molecule has 0 spiro atoms. The van der Waals surface area contributed by atoms with E-state index >= 15 is 0 Å². The summed E-state index contributed by atoms with van der Waals surface area (Å²) in [5, 5.41) is 5.83. The van der Waals surface area contributed by atoms with E-state index in [4.69, 9.17) is 0 Å². The van der Waals surface area contributed by atoms with Crippen LogP contribution in [-0.2, 0) is 4.79 Å². The van der Waals surface area contributed by atoms with Gasteiger partial charge in [-0.3, -0.25) is 9.59 Å². The second kappa shape index (κ2) is 6.48. The first kappa shape index (κ1) is 16.2. The lowest BCUT2D eigenvalue weighted by atomic mass is 10.1. The van der Waals surface area contributed by atoms with Gasteiger partial charge in [0.2, 0.25) is 5.91 Å². The molecule has 3 rings (SSSR count). The lowest BCUT2D eigenvalue weighted by molar-refractivity contribution is -0.117. The van der Waals surface area contributed by atoms with Gasteiger partial charge in [0.25, 0.3) is 5.91 Å². The highest BCUT2D eigenvalue weighted by molar-refractivity contribution is 6.05. The van der Waals surface area contributed by atoms with Crippen LogP contribution in [0.15, 0.2) is 42.5 Å². The molecule has 24 heavy (non-hydrogen) atoms. The van der Waals surface area contributed by atoms with E-state index in [1.54, 1.807) is 24.3 Å². The Morgan fingerprint density at radius 1 is 1.04 bits per heavy atom. The third-order valence-corrected chi connectivity index (χ3v) is 4.48. The molecule has 2 unspecified atom stereocenters. The Kier molecular flexibility index (Phi) is 4.38. The van der Waals surface area contributed by atoms with Crippen LogP contribution in [0.4, 0.5) is 11.4 Å². The van der Waals surface area contributed by atoms with E-state index in [0.717, 1.165) is 23.2 Å². The molecule has 2 aromatic carbocycles. The van der Waals surface area contributed by atoms with Crippen LogP contribution in [0.25, 0.3) is 0 Å². The Balaban J connectivity index is 1.72. The van der Waals surface area contributed by atoms with E-state index < -0.39 is 0 Å². The zero-order valence-electron chi connectivity index (χ0n) is 14.2. The van der Waals surface area contributed by atoms with Gasteiger partial charge in [-0.1, -0.05) is 25.1 Å². The molecule has 0 bridgehead atoms. The summed E-state index contributed by atoms with van der Waals surface area (Å²) in [7, 11) is 0. The zero-order chi connectivity index (χ0) is 17.3. The van der Waals surface area contributed by atoms with E-state index in [1.807, 2.05) is 32.0 Å². The maximum Gasteiger partial charge on any atom is 0.255 e. The number of nitrogens with one attached hydrogen (secondary N) is 2. The number of rotatable bonds is 4. The largest absolute Gasteiger partial charge is 0.326 e. The van der Waals surface area contributed by atoms with E-state index in [1.165, 1.54) is 0 Å². The van der Waals surface area contributed by atoms with Crippen LogP contribution < -0.4 is 10.6 Å². The maximum atomic E-state index is 12.5. The minimum absolute atomic E-state index is 0.0367. The van der Waals surface area contributed by atoms with Gasteiger partial charge in [0, 0.05) is 22.9 Å². The molecule has 4 heteroatoms. The first-order valence-corrected chi connectivity index (χ1v) is 8.23. The molecule has 1 aliphatic carbocycles. The Hall–Kier alpha value is -2.62. The van der Waals surface area contributed by atoms with E-state index in [2.05, 4.69) is 17.6 Å². The monoisotopic (exact) mass is 322 g/mol. The molecular weight excluding hydrogens is 300 g/mol. The van der Waals surface area contributed by atoms with Crippen molar-refractivity contribution in [2.45, 2.75) is 27.2 Å². The number of aryl methyl sites for hydroxylation is 2. The molecule has 2 aromatic rings. The van der Waals surface area contributed by atoms with Gasteiger partial charge in [0.15, 0.2) is 0 Å². The van der Waals surface area contributed by atoms with Crippen molar-refractivity contribution in [2.75, 3.05) is 10.6 Å². The first-order chi connectivity index (χ1) is 11.4. The van der Waals surface area contributed by atoms with Crippen LogP contribution >= 0.6 is 0 Å². The van der Waals surface area contributed by atoms with Crippen LogP contribution in [0.1, 0.15) is 34.8 Å². The average molecular weight is 322 g/mol. The summed E-state index contributed by atoms with van der Waals surface area (Å²) in [4.78, 5) is 24.5. The van der Waals surface area contributed by atoms with Crippen LogP contribution in [0.3, 0.4) is 0 Å². The first-order valence-electron chi connectivity index (χ1n) is 8.23. The third-order valence-electron chi connectivity index (χ3n) is 4.48. The Morgan fingerprint density at radius 2 is 1.79 bits per heavy atom.